The number of hydrogen-bond donors (Lipinski definition) is 0. The van der Waals surface area contributed by atoms with Crippen LogP contribution in [0.1, 0.15) is 22.9 Å². The van der Waals surface area contributed by atoms with Crippen LogP contribution in [0.3, 0.4) is 0 Å². The van der Waals surface area contributed by atoms with Gasteiger partial charge in [0.2, 0.25) is 0 Å². The summed E-state index contributed by atoms with van der Waals surface area (Å²) >= 11 is 10.0. The lowest BCUT2D eigenvalue weighted by Gasteiger charge is -2.14. The lowest BCUT2D eigenvalue weighted by molar-refractivity contribution is 0.408. The Hall–Kier alpha value is -1.19. The molecule has 112 valence electrons. The third-order valence-corrected chi connectivity index (χ3v) is 4.32. The Kier molecular flexibility index (Phi) is 5.95. The molecule has 0 aliphatic rings. The van der Waals surface area contributed by atoms with Gasteiger partial charge in [0.25, 0.3) is 0 Å². The highest BCUT2D eigenvalue weighted by molar-refractivity contribution is 9.10. The van der Waals surface area contributed by atoms with E-state index in [4.69, 9.17) is 21.1 Å². The van der Waals surface area contributed by atoms with Crippen LogP contribution in [-0.2, 0) is 6.42 Å². The van der Waals surface area contributed by atoms with Crippen molar-refractivity contribution in [2.45, 2.75) is 18.2 Å². The molecule has 2 aromatic carbocycles. The van der Waals surface area contributed by atoms with Crippen molar-refractivity contribution in [2.75, 3.05) is 14.2 Å². The molecule has 2 rings (SSSR count). The summed E-state index contributed by atoms with van der Waals surface area (Å²) in [5.74, 6) is 1.70. The van der Waals surface area contributed by atoms with E-state index in [0.717, 1.165) is 34.4 Å². The SMILES string of the molecule is COc1ccc(CCC(Cl)c2cc(Br)ccc2OC)cc1. The molecule has 1 unspecified atom stereocenters. The first-order valence-electron chi connectivity index (χ1n) is 6.74. The van der Waals surface area contributed by atoms with Crippen LogP contribution in [0.5, 0.6) is 11.5 Å². The van der Waals surface area contributed by atoms with Gasteiger partial charge in [-0.25, -0.2) is 0 Å². The summed E-state index contributed by atoms with van der Waals surface area (Å²) in [6.07, 6.45) is 1.76. The van der Waals surface area contributed by atoms with Crippen molar-refractivity contribution in [3.05, 3.63) is 58.1 Å². The van der Waals surface area contributed by atoms with E-state index in [-0.39, 0.29) is 5.38 Å². The maximum Gasteiger partial charge on any atom is 0.123 e. The monoisotopic (exact) mass is 368 g/mol. The smallest absolute Gasteiger partial charge is 0.123 e. The normalized spacial score (nSPS) is 12.0. The van der Waals surface area contributed by atoms with E-state index in [1.807, 2.05) is 30.3 Å². The van der Waals surface area contributed by atoms with E-state index >= 15 is 0 Å². The standard InChI is InChI=1S/C17H18BrClO2/c1-20-14-7-3-12(4-8-14)5-9-16(19)15-11-13(18)6-10-17(15)21-2/h3-4,6-8,10-11,16H,5,9H2,1-2H3. The highest BCUT2D eigenvalue weighted by Gasteiger charge is 2.14. The number of rotatable bonds is 6. The molecule has 2 nitrogen and oxygen atoms in total. The van der Waals surface area contributed by atoms with E-state index in [2.05, 4.69) is 28.1 Å². The predicted molar refractivity (Wildman–Crippen MR) is 90.6 cm³/mol. The van der Waals surface area contributed by atoms with E-state index in [0.29, 0.717) is 0 Å². The Bertz CT molecular complexity index is 584. The number of hydrogen-bond acceptors (Lipinski definition) is 2. The Morgan fingerprint density at radius 2 is 1.76 bits per heavy atom. The molecule has 0 amide bonds. The number of benzene rings is 2. The van der Waals surface area contributed by atoms with Gasteiger partial charge in [0.15, 0.2) is 0 Å². The zero-order chi connectivity index (χ0) is 15.2. The third kappa shape index (κ3) is 4.39. The molecule has 0 aromatic heterocycles. The highest BCUT2D eigenvalue weighted by atomic mass is 79.9. The summed E-state index contributed by atoms with van der Waals surface area (Å²) in [6.45, 7) is 0. The van der Waals surface area contributed by atoms with Gasteiger partial charge < -0.3 is 9.47 Å². The molecule has 0 aliphatic heterocycles. The number of alkyl halides is 1. The van der Waals surface area contributed by atoms with Gasteiger partial charge in [-0.15, -0.1) is 11.6 Å². The molecule has 4 heteroatoms. The van der Waals surface area contributed by atoms with Crippen molar-refractivity contribution in [3.8, 4) is 11.5 Å². The van der Waals surface area contributed by atoms with E-state index in [1.54, 1.807) is 14.2 Å². The van der Waals surface area contributed by atoms with E-state index in [1.165, 1.54) is 5.56 Å². The summed E-state index contributed by atoms with van der Waals surface area (Å²) in [6, 6.07) is 14.0. The molecular weight excluding hydrogens is 352 g/mol. The quantitative estimate of drug-likeness (QED) is 0.636. The van der Waals surface area contributed by atoms with Crippen molar-refractivity contribution >= 4 is 27.5 Å². The van der Waals surface area contributed by atoms with Crippen molar-refractivity contribution in [2.24, 2.45) is 0 Å². The average Bonchev–Trinajstić information content (AvgIpc) is 2.53. The Labute approximate surface area is 139 Å². The maximum atomic E-state index is 6.55. The largest absolute Gasteiger partial charge is 0.497 e. The summed E-state index contributed by atoms with van der Waals surface area (Å²) in [4.78, 5) is 0. The van der Waals surface area contributed by atoms with Gasteiger partial charge in [-0.1, -0.05) is 28.1 Å². The third-order valence-electron chi connectivity index (χ3n) is 3.37. The van der Waals surface area contributed by atoms with Crippen LogP contribution < -0.4 is 9.47 Å². The number of aryl methyl sites for hydroxylation is 1. The van der Waals surface area contributed by atoms with Crippen LogP contribution in [0, 0.1) is 0 Å². The minimum atomic E-state index is -0.0837. The topological polar surface area (TPSA) is 18.5 Å². The number of halogens is 2. The fraction of sp³-hybridized carbons (Fsp3) is 0.294. The summed E-state index contributed by atoms with van der Waals surface area (Å²) in [7, 11) is 3.34. The van der Waals surface area contributed by atoms with Crippen LogP contribution in [0.4, 0.5) is 0 Å². The Morgan fingerprint density at radius 1 is 1.05 bits per heavy atom. The maximum absolute atomic E-state index is 6.55. The number of ether oxygens (including phenoxy) is 2. The lowest BCUT2D eigenvalue weighted by Crippen LogP contribution is -1.98. The molecule has 0 radical (unpaired) electrons. The predicted octanol–water partition coefficient (Wildman–Crippen LogP) is 5.38. The van der Waals surface area contributed by atoms with Gasteiger partial charge in [-0.05, 0) is 48.7 Å². The van der Waals surface area contributed by atoms with Gasteiger partial charge >= 0.3 is 0 Å². The fourth-order valence-corrected chi connectivity index (χ4v) is 2.85. The van der Waals surface area contributed by atoms with Crippen LogP contribution in [0.15, 0.2) is 46.9 Å². The second-order valence-electron chi connectivity index (χ2n) is 4.74. The minimum Gasteiger partial charge on any atom is -0.497 e. The van der Waals surface area contributed by atoms with Crippen molar-refractivity contribution in [1.29, 1.82) is 0 Å². The summed E-state index contributed by atoms with van der Waals surface area (Å²) in [5.41, 5.74) is 2.26. The highest BCUT2D eigenvalue weighted by Crippen LogP contribution is 2.35. The first-order valence-corrected chi connectivity index (χ1v) is 7.97. The second-order valence-corrected chi connectivity index (χ2v) is 6.18. The first-order chi connectivity index (χ1) is 10.1. The molecule has 2 aromatic rings. The molecule has 0 aliphatic carbocycles. The molecule has 0 bridgehead atoms. The average molecular weight is 370 g/mol. The van der Waals surface area contributed by atoms with Crippen molar-refractivity contribution < 1.29 is 9.47 Å². The molecule has 0 saturated carbocycles. The molecule has 0 heterocycles. The number of methoxy groups -OCH3 is 2. The van der Waals surface area contributed by atoms with Crippen LogP contribution in [0.25, 0.3) is 0 Å². The molecule has 0 fully saturated rings. The van der Waals surface area contributed by atoms with Gasteiger partial charge in [-0.2, -0.15) is 0 Å². The van der Waals surface area contributed by atoms with Gasteiger partial charge in [0.05, 0.1) is 19.6 Å². The van der Waals surface area contributed by atoms with Gasteiger partial charge in [0, 0.05) is 10.0 Å². The first kappa shape index (κ1) is 16.2. The fourth-order valence-electron chi connectivity index (χ4n) is 2.19. The Morgan fingerprint density at radius 3 is 2.38 bits per heavy atom. The molecule has 0 saturated heterocycles. The van der Waals surface area contributed by atoms with Crippen LogP contribution >= 0.6 is 27.5 Å². The summed E-state index contributed by atoms with van der Waals surface area (Å²) in [5, 5.41) is -0.0837. The minimum absolute atomic E-state index is 0.0837. The molecule has 1 atom stereocenters. The summed E-state index contributed by atoms with van der Waals surface area (Å²) < 4.78 is 11.5. The Balaban J connectivity index is 2.03. The van der Waals surface area contributed by atoms with Gasteiger partial charge in [0.1, 0.15) is 11.5 Å². The molecule has 0 N–H and O–H groups in total. The van der Waals surface area contributed by atoms with Crippen LogP contribution in [-0.4, -0.2) is 14.2 Å². The molecule has 0 spiro atoms. The lowest BCUT2D eigenvalue weighted by atomic mass is 10.0. The van der Waals surface area contributed by atoms with E-state index in [9.17, 15) is 0 Å². The zero-order valence-electron chi connectivity index (χ0n) is 12.1. The second kappa shape index (κ2) is 7.71. The molecule has 21 heavy (non-hydrogen) atoms. The van der Waals surface area contributed by atoms with Crippen molar-refractivity contribution in [1.82, 2.24) is 0 Å². The van der Waals surface area contributed by atoms with Crippen LogP contribution in [0.2, 0.25) is 0 Å². The molecular formula is C17H18BrClO2. The van der Waals surface area contributed by atoms with E-state index < -0.39 is 0 Å². The van der Waals surface area contributed by atoms with Crippen molar-refractivity contribution in [3.63, 3.8) is 0 Å². The zero-order valence-corrected chi connectivity index (χ0v) is 14.4. The van der Waals surface area contributed by atoms with Gasteiger partial charge in [-0.3, -0.25) is 0 Å².